The standard InChI is InChI=1S/C20H30N6O3/c21-13-19(27)15-25-8-6-23-5-7-24(14-17-1-3-18(22)4-2-17)9-11-26(12-10-25)16-20(28)29/h1-4,23H,5-12,14-16,22H2,(H,28,29). The number of Topliss-reactive ketones (excluding diaryl/α,β-unsaturated/α-hetero) is 1. The predicted octanol–water partition coefficient (Wildman–Crippen LogP) is -0.545. The van der Waals surface area contributed by atoms with Crippen LogP contribution >= 0.6 is 0 Å². The summed E-state index contributed by atoms with van der Waals surface area (Å²) in [6.45, 7) is 6.15. The van der Waals surface area contributed by atoms with Crippen molar-refractivity contribution in [3.05, 3.63) is 29.8 Å². The third-order valence-electron chi connectivity index (χ3n) is 4.91. The highest BCUT2D eigenvalue weighted by Gasteiger charge is 2.17. The summed E-state index contributed by atoms with van der Waals surface area (Å²) in [5, 5.41) is 21.4. The summed E-state index contributed by atoms with van der Waals surface area (Å²) in [5.74, 6) is -1.35. The van der Waals surface area contributed by atoms with Crippen LogP contribution in [0.1, 0.15) is 5.56 Å². The molecule has 0 bridgehead atoms. The van der Waals surface area contributed by atoms with Gasteiger partial charge in [0.25, 0.3) is 0 Å². The molecule has 1 fully saturated rings. The molecule has 4 N–H and O–H groups in total. The molecule has 1 aromatic carbocycles. The number of anilines is 1. The summed E-state index contributed by atoms with van der Waals surface area (Å²) >= 11 is 0. The van der Waals surface area contributed by atoms with Crippen molar-refractivity contribution in [2.45, 2.75) is 6.54 Å². The Hall–Kier alpha value is -2.51. The van der Waals surface area contributed by atoms with Gasteiger partial charge in [0, 0.05) is 64.6 Å². The molecular formula is C20H30N6O3. The Morgan fingerprint density at radius 1 is 0.966 bits per heavy atom. The molecule has 9 nitrogen and oxygen atoms in total. The molecule has 1 heterocycles. The van der Waals surface area contributed by atoms with E-state index in [9.17, 15) is 14.7 Å². The summed E-state index contributed by atoms with van der Waals surface area (Å²) in [5.41, 5.74) is 7.66. The summed E-state index contributed by atoms with van der Waals surface area (Å²) in [4.78, 5) is 28.9. The second kappa shape index (κ2) is 12.1. The van der Waals surface area contributed by atoms with Gasteiger partial charge in [-0.3, -0.25) is 24.3 Å². The number of carbonyl (C=O) groups excluding carboxylic acids is 1. The van der Waals surface area contributed by atoms with Gasteiger partial charge in [0.2, 0.25) is 5.78 Å². The van der Waals surface area contributed by atoms with Crippen molar-refractivity contribution in [2.24, 2.45) is 0 Å². The lowest BCUT2D eigenvalue weighted by Gasteiger charge is -2.30. The average molecular weight is 402 g/mol. The Morgan fingerprint density at radius 3 is 2.10 bits per heavy atom. The molecule has 0 radical (unpaired) electrons. The van der Waals surface area contributed by atoms with Crippen LogP contribution in [0.5, 0.6) is 0 Å². The number of ketones is 1. The Morgan fingerprint density at radius 2 is 1.52 bits per heavy atom. The van der Waals surface area contributed by atoms with Crippen molar-refractivity contribution in [1.29, 1.82) is 5.26 Å². The normalized spacial score (nSPS) is 18.3. The number of carboxylic acids is 1. The van der Waals surface area contributed by atoms with E-state index in [2.05, 4.69) is 10.2 Å². The highest BCUT2D eigenvalue weighted by atomic mass is 16.4. The van der Waals surface area contributed by atoms with Crippen molar-refractivity contribution in [3.8, 4) is 6.07 Å². The first-order chi connectivity index (χ1) is 14.0. The zero-order chi connectivity index (χ0) is 21.1. The summed E-state index contributed by atoms with van der Waals surface area (Å²) in [7, 11) is 0. The molecule has 9 heteroatoms. The minimum absolute atomic E-state index is 0.0476. The van der Waals surface area contributed by atoms with E-state index in [1.54, 1.807) is 6.07 Å². The summed E-state index contributed by atoms with van der Waals surface area (Å²) in [6, 6.07) is 9.45. The first-order valence-corrected chi connectivity index (χ1v) is 9.83. The molecule has 158 valence electrons. The molecule has 1 aromatic rings. The third-order valence-corrected chi connectivity index (χ3v) is 4.91. The van der Waals surface area contributed by atoms with Gasteiger partial charge < -0.3 is 16.2 Å². The molecule has 1 aliphatic rings. The number of benzene rings is 1. The lowest BCUT2D eigenvalue weighted by molar-refractivity contribution is -0.138. The molecule has 0 spiro atoms. The van der Waals surface area contributed by atoms with E-state index in [4.69, 9.17) is 11.0 Å². The topological polar surface area (TPSA) is 126 Å². The zero-order valence-electron chi connectivity index (χ0n) is 16.7. The second-order valence-electron chi connectivity index (χ2n) is 7.25. The minimum Gasteiger partial charge on any atom is -0.480 e. The van der Waals surface area contributed by atoms with Gasteiger partial charge in [0.15, 0.2) is 0 Å². The van der Waals surface area contributed by atoms with E-state index in [1.165, 1.54) is 0 Å². The maximum atomic E-state index is 11.5. The minimum atomic E-state index is -0.872. The van der Waals surface area contributed by atoms with Crippen LogP contribution in [-0.2, 0) is 16.1 Å². The van der Waals surface area contributed by atoms with Gasteiger partial charge in [-0.05, 0) is 17.7 Å². The molecule has 0 amide bonds. The fraction of sp³-hybridized carbons (Fsp3) is 0.550. The highest BCUT2D eigenvalue weighted by Crippen LogP contribution is 2.09. The van der Waals surface area contributed by atoms with Crippen molar-refractivity contribution in [1.82, 2.24) is 20.0 Å². The Kier molecular flexibility index (Phi) is 9.53. The number of nitrogen functional groups attached to an aromatic ring is 1. The number of rotatable bonds is 6. The van der Waals surface area contributed by atoms with E-state index < -0.39 is 11.8 Å². The molecule has 2 rings (SSSR count). The van der Waals surface area contributed by atoms with Gasteiger partial charge in [-0.25, -0.2) is 0 Å². The van der Waals surface area contributed by atoms with Gasteiger partial charge in [-0.15, -0.1) is 0 Å². The predicted molar refractivity (Wildman–Crippen MR) is 110 cm³/mol. The molecular weight excluding hydrogens is 372 g/mol. The van der Waals surface area contributed by atoms with Gasteiger partial charge in [0.05, 0.1) is 13.1 Å². The molecule has 1 aliphatic heterocycles. The number of nitrogens with two attached hydrogens (primary N) is 1. The maximum Gasteiger partial charge on any atom is 0.317 e. The molecule has 0 aromatic heterocycles. The summed E-state index contributed by atoms with van der Waals surface area (Å²) < 4.78 is 0. The van der Waals surface area contributed by atoms with Crippen LogP contribution < -0.4 is 11.1 Å². The Bertz CT molecular complexity index is 703. The van der Waals surface area contributed by atoms with Gasteiger partial charge in [0.1, 0.15) is 6.07 Å². The quantitative estimate of drug-likeness (QED) is 0.424. The monoisotopic (exact) mass is 402 g/mol. The molecule has 1 saturated heterocycles. The zero-order valence-corrected chi connectivity index (χ0v) is 16.7. The molecule has 29 heavy (non-hydrogen) atoms. The third kappa shape index (κ3) is 9.02. The van der Waals surface area contributed by atoms with Gasteiger partial charge in [-0.1, -0.05) is 12.1 Å². The van der Waals surface area contributed by atoms with Crippen LogP contribution in [0, 0.1) is 11.3 Å². The molecule has 0 atom stereocenters. The fourth-order valence-corrected chi connectivity index (χ4v) is 3.29. The van der Waals surface area contributed by atoms with Crippen LogP contribution in [0.25, 0.3) is 0 Å². The van der Waals surface area contributed by atoms with E-state index in [0.717, 1.165) is 37.4 Å². The second-order valence-corrected chi connectivity index (χ2v) is 7.25. The van der Waals surface area contributed by atoms with Crippen LogP contribution in [0.4, 0.5) is 5.69 Å². The van der Waals surface area contributed by atoms with Gasteiger partial charge in [-0.2, -0.15) is 5.26 Å². The molecule has 0 aliphatic carbocycles. The molecule has 0 unspecified atom stereocenters. The largest absolute Gasteiger partial charge is 0.480 e. The van der Waals surface area contributed by atoms with Crippen molar-refractivity contribution in [3.63, 3.8) is 0 Å². The van der Waals surface area contributed by atoms with Crippen LogP contribution in [0.15, 0.2) is 24.3 Å². The lowest BCUT2D eigenvalue weighted by Crippen LogP contribution is -2.46. The number of nitrogens with one attached hydrogen (secondary N) is 1. The number of nitriles is 1. The Balaban J connectivity index is 2.00. The van der Waals surface area contributed by atoms with Crippen molar-refractivity contribution < 1.29 is 14.7 Å². The Labute approximate surface area is 171 Å². The molecule has 0 saturated carbocycles. The number of hydrogen-bond donors (Lipinski definition) is 3. The van der Waals surface area contributed by atoms with E-state index in [0.29, 0.717) is 32.7 Å². The first-order valence-electron chi connectivity index (χ1n) is 9.83. The number of nitrogens with zero attached hydrogens (tertiary/aromatic N) is 4. The summed E-state index contributed by atoms with van der Waals surface area (Å²) in [6.07, 6.45) is 0. The number of carbonyl (C=O) groups is 2. The van der Waals surface area contributed by atoms with E-state index >= 15 is 0 Å². The van der Waals surface area contributed by atoms with Crippen molar-refractivity contribution in [2.75, 3.05) is 71.2 Å². The van der Waals surface area contributed by atoms with Crippen LogP contribution in [0.2, 0.25) is 0 Å². The number of aliphatic carboxylic acids is 1. The highest BCUT2D eigenvalue weighted by molar-refractivity contribution is 5.94. The van der Waals surface area contributed by atoms with Crippen LogP contribution in [-0.4, -0.2) is 97.0 Å². The average Bonchev–Trinajstić information content (AvgIpc) is 2.68. The van der Waals surface area contributed by atoms with E-state index in [-0.39, 0.29) is 13.1 Å². The maximum absolute atomic E-state index is 11.5. The lowest BCUT2D eigenvalue weighted by atomic mass is 10.2. The van der Waals surface area contributed by atoms with E-state index in [1.807, 2.05) is 34.1 Å². The smallest absolute Gasteiger partial charge is 0.317 e. The SMILES string of the molecule is N#CC(=O)CN1CCNCCN(Cc2ccc(N)cc2)CCN(CC(=O)O)CC1. The van der Waals surface area contributed by atoms with Gasteiger partial charge >= 0.3 is 5.97 Å². The fourth-order valence-electron chi connectivity index (χ4n) is 3.29. The first kappa shape index (κ1) is 22.8. The van der Waals surface area contributed by atoms with Crippen molar-refractivity contribution >= 4 is 17.4 Å². The van der Waals surface area contributed by atoms with Crippen LogP contribution in [0.3, 0.4) is 0 Å². The number of carboxylic acid groups (broad SMARTS) is 1. The number of hydrogen-bond acceptors (Lipinski definition) is 8.